The van der Waals surface area contributed by atoms with Crippen molar-refractivity contribution >= 4 is 34.6 Å². The van der Waals surface area contributed by atoms with Gasteiger partial charge in [0, 0.05) is 38.3 Å². The second-order valence-corrected chi connectivity index (χ2v) is 6.46. The summed E-state index contributed by atoms with van der Waals surface area (Å²) in [6, 6.07) is 6.12. The highest BCUT2D eigenvalue weighted by molar-refractivity contribution is 8.18. The Labute approximate surface area is 137 Å². The van der Waals surface area contributed by atoms with E-state index in [1.165, 1.54) is 23.9 Å². The van der Waals surface area contributed by atoms with Gasteiger partial charge in [0.2, 0.25) is 0 Å². The second kappa shape index (κ2) is 6.51. The van der Waals surface area contributed by atoms with Gasteiger partial charge in [0.15, 0.2) is 5.17 Å². The van der Waals surface area contributed by atoms with Gasteiger partial charge in [-0.1, -0.05) is 0 Å². The van der Waals surface area contributed by atoms with E-state index in [-0.39, 0.29) is 11.6 Å². The fraction of sp³-hybridized carbons (Fsp3) is 0.333. The zero-order chi connectivity index (χ0) is 16.4. The van der Waals surface area contributed by atoms with Gasteiger partial charge in [0.05, 0.1) is 9.83 Å². The number of likely N-dealkylation sites (N-methyl/N-ethyl adjacent to an activating group) is 1. The fourth-order valence-corrected chi connectivity index (χ4v) is 3.34. The molecule has 1 aromatic rings. The van der Waals surface area contributed by atoms with Crippen molar-refractivity contribution in [3.63, 3.8) is 0 Å². The molecular weight excluding hydrogens is 316 g/mol. The lowest BCUT2D eigenvalue weighted by Crippen LogP contribution is -2.46. The van der Waals surface area contributed by atoms with Crippen molar-refractivity contribution in [3.05, 3.63) is 44.8 Å². The molecule has 0 aromatic heterocycles. The predicted molar refractivity (Wildman–Crippen MR) is 90.2 cm³/mol. The Kier molecular flexibility index (Phi) is 4.44. The quantitative estimate of drug-likeness (QED) is 0.467. The SMILES string of the molecule is CN1CCN(C2=NC(=O)/C(=C/c3ccc([N+](=O)[O-])cc3)S2)CC1. The van der Waals surface area contributed by atoms with Gasteiger partial charge in [-0.3, -0.25) is 14.9 Å². The maximum atomic E-state index is 12.0. The monoisotopic (exact) mass is 332 g/mol. The van der Waals surface area contributed by atoms with E-state index in [1.54, 1.807) is 18.2 Å². The first-order chi connectivity index (χ1) is 11.0. The number of thioether (sulfide) groups is 1. The summed E-state index contributed by atoms with van der Waals surface area (Å²) in [5, 5.41) is 11.4. The Morgan fingerprint density at radius 1 is 1.22 bits per heavy atom. The normalized spacial score (nSPS) is 20.9. The summed E-state index contributed by atoms with van der Waals surface area (Å²) in [7, 11) is 2.08. The molecule has 3 rings (SSSR count). The second-order valence-electron chi connectivity index (χ2n) is 5.45. The molecule has 1 amide bonds. The predicted octanol–water partition coefficient (Wildman–Crippen LogP) is 1.81. The summed E-state index contributed by atoms with van der Waals surface area (Å²) in [5.74, 6) is -0.248. The van der Waals surface area contributed by atoms with Crippen molar-refractivity contribution < 1.29 is 9.72 Å². The number of amidine groups is 1. The minimum absolute atomic E-state index is 0.0342. The Morgan fingerprint density at radius 2 is 1.87 bits per heavy atom. The molecule has 0 bridgehead atoms. The summed E-state index contributed by atoms with van der Waals surface area (Å²) in [6.45, 7) is 3.63. The Bertz CT molecular complexity index is 691. The lowest BCUT2D eigenvalue weighted by atomic mass is 10.2. The molecule has 2 heterocycles. The molecule has 2 aliphatic rings. The van der Waals surface area contributed by atoms with Crippen LogP contribution in [0.4, 0.5) is 5.69 Å². The number of hydrogen-bond donors (Lipinski definition) is 0. The third kappa shape index (κ3) is 3.59. The summed E-state index contributed by atoms with van der Waals surface area (Å²) in [5.41, 5.74) is 0.785. The van der Waals surface area contributed by atoms with Crippen LogP contribution in [0.2, 0.25) is 0 Å². The van der Waals surface area contributed by atoms with Crippen LogP contribution in [0.1, 0.15) is 5.56 Å². The molecule has 23 heavy (non-hydrogen) atoms. The van der Waals surface area contributed by atoms with Crippen LogP contribution in [0.3, 0.4) is 0 Å². The number of rotatable bonds is 2. The van der Waals surface area contributed by atoms with Crippen molar-refractivity contribution in [2.45, 2.75) is 0 Å². The lowest BCUT2D eigenvalue weighted by molar-refractivity contribution is -0.384. The number of nitro groups is 1. The van der Waals surface area contributed by atoms with E-state index in [9.17, 15) is 14.9 Å². The zero-order valence-electron chi connectivity index (χ0n) is 12.6. The highest BCUT2D eigenvalue weighted by Crippen LogP contribution is 2.30. The van der Waals surface area contributed by atoms with Gasteiger partial charge in [-0.2, -0.15) is 4.99 Å². The summed E-state index contributed by atoms with van der Waals surface area (Å²) in [4.78, 5) is 31.3. The number of hydrogen-bond acceptors (Lipinski definition) is 6. The third-order valence-electron chi connectivity index (χ3n) is 3.78. The molecule has 8 heteroatoms. The van der Waals surface area contributed by atoms with Crippen LogP contribution in [0.15, 0.2) is 34.2 Å². The van der Waals surface area contributed by atoms with Crippen molar-refractivity contribution in [1.29, 1.82) is 0 Å². The van der Waals surface area contributed by atoms with Crippen molar-refractivity contribution in [2.24, 2.45) is 4.99 Å². The molecule has 1 aromatic carbocycles. The Balaban J connectivity index is 1.70. The first-order valence-electron chi connectivity index (χ1n) is 7.23. The van der Waals surface area contributed by atoms with Crippen LogP contribution < -0.4 is 0 Å². The largest absolute Gasteiger partial charge is 0.348 e. The zero-order valence-corrected chi connectivity index (χ0v) is 13.5. The fourth-order valence-electron chi connectivity index (χ4n) is 2.37. The molecule has 0 aliphatic carbocycles. The summed E-state index contributed by atoms with van der Waals surface area (Å²) in [6.07, 6.45) is 1.73. The number of nitrogens with zero attached hydrogens (tertiary/aromatic N) is 4. The van der Waals surface area contributed by atoms with E-state index in [0.717, 1.165) is 36.9 Å². The third-order valence-corrected chi connectivity index (χ3v) is 4.83. The van der Waals surface area contributed by atoms with Gasteiger partial charge >= 0.3 is 0 Å². The number of carbonyl (C=O) groups excluding carboxylic acids is 1. The van der Waals surface area contributed by atoms with E-state index in [0.29, 0.717) is 4.91 Å². The minimum Gasteiger partial charge on any atom is -0.348 e. The van der Waals surface area contributed by atoms with Gasteiger partial charge < -0.3 is 9.80 Å². The van der Waals surface area contributed by atoms with Crippen LogP contribution >= 0.6 is 11.8 Å². The highest BCUT2D eigenvalue weighted by Gasteiger charge is 2.27. The van der Waals surface area contributed by atoms with Crippen LogP contribution in [0.25, 0.3) is 6.08 Å². The number of non-ortho nitro benzene ring substituents is 1. The van der Waals surface area contributed by atoms with E-state index in [2.05, 4.69) is 21.8 Å². The van der Waals surface area contributed by atoms with Crippen molar-refractivity contribution in [1.82, 2.24) is 9.80 Å². The minimum atomic E-state index is -0.443. The van der Waals surface area contributed by atoms with Gasteiger partial charge in [-0.15, -0.1) is 0 Å². The molecule has 0 atom stereocenters. The number of carbonyl (C=O) groups is 1. The molecular formula is C15H16N4O3S. The number of piperazine rings is 1. The average molecular weight is 332 g/mol. The van der Waals surface area contributed by atoms with Gasteiger partial charge in [-0.25, -0.2) is 0 Å². The number of benzene rings is 1. The van der Waals surface area contributed by atoms with Gasteiger partial charge in [0.1, 0.15) is 0 Å². The first kappa shape index (κ1) is 15.7. The van der Waals surface area contributed by atoms with Crippen molar-refractivity contribution in [2.75, 3.05) is 33.2 Å². The van der Waals surface area contributed by atoms with E-state index in [1.807, 2.05) is 0 Å². The Morgan fingerprint density at radius 3 is 2.48 bits per heavy atom. The van der Waals surface area contributed by atoms with Crippen molar-refractivity contribution in [3.8, 4) is 0 Å². The average Bonchev–Trinajstić information content (AvgIpc) is 2.89. The van der Waals surface area contributed by atoms with Crippen LogP contribution in [0, 0.1) is 10.1 Å². The molecule has 7 nitrogen and oxygen atoms in total. The number of aliphatic imine (C=N–C) groups is 1. The summed E-state index contributed by atoms with van der Waals surface area (Å²) < 4.78 is 0. The molecule has 0 unspecified atom stereocenters. The smallest absolute Gasteiger partial charge is 0.286 e. The van der Waals surface area contributed by atoms with E-state index < -0.39 is 4.92 Å². The molecule has 2 aliphatic heterocycles. The molecule has 0 radical (unpaired) electrons. The molecule has 0 saturated carbocycles. The number of amides is 1. The standard InChI is InChI=1S/C15H16N4O3S/c1-17-6-8-18(9-7-17)15-16-14(20)13(23-15)10-11-2-4-12(5-3-11)19(21)22/h2-5,10H,6-9H2,1H3/b13-10-. The Hall–Kier alpha value is -2.19. The molecule has 1 fully saturated rings. The highest BCUT2D eigenvalue weighted by atomic mass is 32.2. The van der Waals surface area contributed by atoms with Gasteiger partial charge in [-0.05, 0) is 42.6 Å². The van der Waals surface area contributed by atoms with Gasteiger partial charge in [0.25, 0.3) is 11.6 Å². The van der Waals surface area contributed by atoms with Crippen LogP contribution in [0.5, 0.6) is 0 Å². The summed E-state index contributed by atoms with van der Waals surface area (Å²) >= 11 is 1.37. The van der Waals surface area contributed by atoms with Crippen LogP contribution in [-0.4, -0.2) is 59.0 Å². The maximum absolute atomic E-state index is 12.0. The van der Waals surface area contributed by atoms with E-state index in [4.69, 9.17) is 0 Å². The molecule has 0 spiro atoms. The maximum Gasteiger partial charge on any atom is 0.286 e. The molecule has 0 N–H and O–H groups in total. The molecule has 120 valence electrons. The van der Waals surface area contributed by atoms with Crippen LogP contribution in [-0.2, 0) is 4.79 Å². The first-order valence-corrected chi connectivity index (χ1v) is 8.05. The number of nitro benzene ring substituents is 1. The topological polar surface area (TPSA) is 79.0 Å². The molecule has 1 saturated heterocycles. The lowest BCUT2D eigenvalue weighted by Gasteiger charge is -2.32. The van der Waals surface area contributed by atoms with E-state index >= 15 is 0 Å².